The second kappa shape index (κ2) is 3.35. The molecule has 0 atom stereocenters. The third-order valence-corrected chi connectivity index (χ3v) is 1.88. The molecule has 2 rings (SSSR count). The zero-order chi connectivity index (χ0) is 9.97. The molecule has 0 aliphatic heterocycles. The third-order valence-electron chi connectivity index (χ3n) is 1.88. The van der Waals surface area contributed by atoms with Gasteiger partial charge in [0, 0.05) is 24.2 Å². The average molecular weight is 190 g/mol. The van der Waals surface area contributed by atoms with Gasteiger partial charge in [0.2, 0.25) is 0 Å². The first-order valence-electron chi connectivity index (χ1n) is 4.03. The van der Waals surface area contributed by atoms with Crippen LogP contribution >= 0.6 is 0 Å². The Hall–Kier alpha value is -2.08. The van der Waals surface area contributed by atoms with Crippen LogP contribution in [0.5, 0.6) is 0 Å². The van der Waals surface area contributed by atoms with Gasteiger partial charge in [-0.2, -0.15) is 0 Å². The van der Waals surface area contributed by atoms with E-state index in [2.05, 4.69) is 15.6 Å². The van der Waals surface area contributed by atoms with E-state index < -0.39 is 0 Å². The largest absolute Gasteiger partial charge is 0.382 e. The Morgan fingerprint density at radius 3 is 3.14 bits per heavy atom. The van der Waals surface area contributed by atoms with E-state index in [-0.39, 0.29) is 0 Å². The van der Waals surface area contributed by atoms with Crippen molar-refractivity contribution < 1.29 is 0 Å². The van der Waals surface area contributed by atoms with Crippen molar-refractivity contribution in [1.82, 2.24) is 14.9 Å². The van der Waals surface area contributed by atoms with E-state index in [1.54, 1.807) is 6.20 Å². The van der Waals surface area contributed by atoms with Gasteiger partial charge >= 0.3 is 0 Å². The first-order chi connectivity index (χ1) is 6.81. The number of hydrazine groups is 1. The molecule has 0 amide bonds. The van der Waals surface area contributed by atoms with E-state index in [0.717, 1.165) is 11.2 Å². The van der Waals surface area contributed by atoms with Crippen LogP contribution in [0, 0.1) is 0 Å². The van der Waals surface area contributed by atoms with Gasteiger partial charge in [-0.1, -0.05) is 0 Å². The number of aromatic nitrogens is 2. The maximum atomic E-state index is 5.64. The molecule has 6 heteroatoms. The van der Waals surface area contributed by atoms with Crippen LogP contribution in [0.2, 0.25) is 0 Å². The van der Waals surface area contributed by atoms with Gasteiger partial charge in [-0.15, -0.1) is 5.10 Å². The highest BCUT2D eigenvalue weighted by atomic mass is 15.5. The number of rotatable bonds is 2. The fourth-order valence-electron chi connectivity index (χ4n) is 1.20. The maximum absolute atomic E-state index is 5.64. The SMILES string of the molecule is NN/N=C(\N)c1ccn2ccnc2c1. The lowest BCUT2D eigenvalue weighted by molar-refractivity contribution is 0.804. The van der Waals surface area contributed by atoms with E-state index >= 15 is 0 Å². The Kier molecular flexibility index (Phi) is 2.04. The summed E-state index contributed by atoms with van der Waals surface area (Å²) < 4.78 is 1.88. The molecule has 72 valence electrons. The van der Waals surface area contributed by atoms with E-state index in [1.165, 1.54) is 0 Å². The van der Waals surface area contributed by atoms with E-state index in [4.69, 9.17) is 11.6 Å². The van der Waals surface area contributed by atoms with Gasteiger partial charge in [-0.25, -0.2) is 16.4 Å². The van der Waals surface area contributed by atoms with Crippen molar-refractivity contribution >= 4 is 11.5 Å². The first-order valence-corrected chi connectivity index (χ1v) is 4.03. The molecule has 0 aliphatic carbocycles. The zero-order valence-corrected chi connectivity index (χ0v) is 7.38. The molecule has 0 unspecified atom stereocenters. The number of hydrazone groups is 1. The maximum Gasteiger partial charge on any atom is 0.152 e. The highest BCUT2D eigenvalue weighted by molar-refractivity contribution is 5.97. The molecular weight excluding hydrogens is 180 g/mol. The van der Waals surface area contributed by atoms with Crippen LogP contribution in [0.25, 0.3) is 5.65 Å². The van der Waals surface area contributed by atoms with Crippen LogP contribution in [0.4, 0.5) is 0 Å². The summed E-state index contributed by atoms with van der Waals surface area (Å²) in [6, 6.07) is 3.67. The predicted octanol–water partition coefficient (Wildman–Crippen LogP) is -0.582. The zero-order valence-electron chi connectivity index (χ0n) is 7.38. The van der Waals surface area contributed by atoms with E-state index in [9.17, 15) is 0 Å². The molecule has 5 N–H and O–H groups in total. The van der Waals surface area contributed by atoms with Crippen molar-refractivity contribution in [2.24, 2.45) is 16.7 Å². The van der Waals surface area contributed by atoms with Gasteiger partial charge in [0.15, 0.2) is 5.84 Å². The molecule has 2 heterocycles. The summed E-state index contributed by atoms with van der Waals surface area (Å²) in [5.41, 5.74) is 9.38. The van der Waals surface area contributed by atoms with Crippen molar-refractivity contribution in [2.45, 2.75) is 0 Å². The van der Waals surface area contributed by atoms with Crippen LogP contribution in [0.1, 0.15) is 5.56 Å². The molecular formula is C8H10N6. The summed E-state index contributed by atoms with van der Waals surface area (Å²) in [7, 11) is 0. The molecule has 14 heavy (non-hydrogen) atoms. The second-order valence-corrected chi connectivity index (χ2v) is 2.73. The number of pyridine rings is 1. The van der Waals surface area contributed by atoms with Crippen molar-refractivity contribution in [3.63, 3.8) is 0 Å². The number of hydrogen-bond donors (Lipinski definition) is 3. The fourth-order valence-corrected chi connectivity index (χ4v) is 1.20. The van der Waals surface area contributed by atoms with Gasteiger partial charge < -0.3 is 10.1 Å². The quantitative estimate of drug-likeness (QED) is 0.255. The Labute approximate surface area is 80.2 Å². The molecule has 0 radical (unpaired) electrons. The van der Waals surface area contributed by atoms with E-state index in [0.29, 0.717) is 5.84 Å². The van der Waals surface area contributed by atoms with Gasteiger partial charge in [0.05, 0.1) is 0 Å². The summed E-state index contributed by atoms with van der Waals surface area (Å²) in [6.07, 6.45) is 5.43. The van der Waals surface area contributed by atoms with Gasteiger partial charge in [-0.3, -0.25) is 0 Å². The molecule has 0 spiro atoms. The number of hydrogen-bond acceptors (Lipinski definition) is 4. The molecule has 6 nitrogen and oxygen atoms in total. The number of nitrogens with one attached hydrogen (secondary N) is 1. The Morgan fingerprint density at radius 1 is 1.50 bits per heavy atom. The highest BCUT2D eigenvalue weighted by Gasteiger charge is 2.00. The Balaban J connectivity index is 2.48. The first kappa shape index (κ1) is 8.52. The number of amidine groups is 1. The lowest BCUT2D eigenvalue weighted by atomic mass is 10.2. The van der Waals surface area contributed by atoms with Crippen molar-refractivity contribution in [3.05, 3.63) is 36.3 Å². The smallest absolute Gasteiger partial charge is 0.152 e. The molecule has 0 saturated heterocycles. The second-order valence-electron chi connectivity index (χ2n) is 2.73. The molecule has 0 saturated carbocycles. The number of nitrogens with two attached hydrogens (primary N) is 2. The molecule has 2 aromatic rings. The van der Waals surface area contributed by atoms with Crippen LogP contribution < -0.4 is 17.1 Å². The average Bonchev–Trinajstić information content (AvgIpc) is 2.64. The summed E-state index contributed by atoms with van der Waals surface area (Å²) in [5, 5.41) is 3.67. The third kappa shape index (κ3) is 1.38. The topological polar surface area (TPSA) is 93.7 Å². The highest BCUT2D eigenvalue weighted by Crippen LogP contribution is 2.04. The number of fused-ring (bicyclic) bond motifs is 1. The summed E-state index contributed by atoms with van der Waals surface area (Å²) in [6.45, 7) is 0. The lowest BCUT2D eigenvalue weighted by Crippen LogP contribution is -2.23. The van der Waals surface area contributed by atoms with Gasteiger partial charge in [0.1, 0.15) is 5.65 Å². The number of imidazole rings is 1. The predicted molar refractivity (Wildman–Crippen MR) is 53.2 cm³/mol. The van der Waals surface area contributed by atoms with Crippen molar-refractivity contribution in [1.29, 1.82) is 0 Å². The molecule has 0 fully saturated rings. The molecule has 0 aromatic carbocycles. The van der Waals surface area contributed by atoms with Crippen LogP contribution in [-0.2, 0) is 0 Å². The minimum Gasteiger partial charge on any atom is -0.382 e. The molecule has 2 aromatic heterocycles. The van der Waals surface area contributed by atoms with Gasteiger partial charge in [0.25, 0.3) is 0 Å². The van der Waals surface area contributed by atoms with Gasteiger partial charge in [-0.05, 0) is 12.1 Å². The Morgan fingerprint density at radius 2 is 2.36 bits per heavy atom. The standard InChI is InChI=1S/C8H10N6/c9-8(12-13-10)6-1-3-14-4-2-11-7(14)5-6/h1-5,13H,10H2,(H2,9,12). The van der Waals surface area contributed by atoms with Crippen LogP contribution in [0.3, 0.4) is 0 Å². The van der Waals surface area contributed by atoms with E-state index in [1.807, 2.05) is 28.9 Å². The fraction of sp³-hybridized carbons (Fsp3) is 0. The number of nitrogens with zero attached hydrogens (tertiary/aromatic N) is 3. The van der Waals surface area contributed by atoms with Crippen molar-refractivity contribution in [2.75, 3.05) is 0 Å². The summed E-state index contributed by atoms with van der Waals surface area (Å²) >= 11 is 0. The monoisotopic (exact) mass is 190 g/mol. The minimum absolute atomic E-state index is 0.331. The Bertz CT molecular complexity index is 471. The molecule has 0 bridgehead atoms. The minimum atomic E-state index is 0.331. The van der Waals surface area contributed by atoms with Crippen molar-refractivity contribution in [3.8, 4) is 0 Å². The summed E-state index contributed by atoms with van der Waals surface area (Å²) in [5.74, 6) is 5.35. The summed E-state index contributed by atoms with van der Waals surface area (Å²) in [4.78, 5) is 4.12. The van der Waals surface area contributed by atoms with Crippen LogP contribution in [-0.4, -0.2) is 15.2 Å². The lowest BCUT2D eigenvalue weighted by Gasteiger charge is -2.00. The normalized spacial score (nSPS) is 11.9. The van der Waals surface area contributed by atoms with Crippen LogP contribution in [0.15, 0.2) is 35.8 Å². The molecule has 0 aliphatic rings.